The molecule has 1 spiro atoms. The van der Waals surface area contributed by atoms with E-state index < -0.39 is 0 Å². The Morgan fingerprint density at radius 3 is 2.65 bits per heavy atom. The van der Waals surface area contributed by atoms with E-state index in [2.05, 4.69) is 25.5 Å². The third-order valence-corrected chi connectivity index (χ3v) is 7.66. The normalized spacial score (nSPS) is 24.3. The number of anilines is 1. The van der Waals surface area contributed by atoms with Crippen molar-refractivity contribution in [2.24, 2.45) is 24.3 Å². The van der Waals surface area contributed by atoms with E-state index in [4.69, 9.17) is 4.74 Å². The second kappa shape index (κ2) is 8.87. The summed E-state index contributed by atoms with van der Waals surface area (Å²) in [5.74, 6) is 2.40. The molecule has 2 aromatic rings. The molecule has 2 aromatic heterocycles. The number of hydrogen-bond acceptors (Lipinski definition) is 6. The maximum atomic E-state index is 5.66. The Hall–Kier alpha value is -1.99. The first-order chi connectivity index (χ1) is 15.1. The van der Waals surface area contributed by atoms with Crippen LogP contribution < -0.4 is 5.32 Å². The number of piperidine rings is 1. The fraction of sp³-hybridized carbons (Fsp3) is 0.708. The van der Waals surface area contributed by atoms with Gasteiger partial charge in [-0.2, -0.15) is 5.10 Å². The zero-order chi connectivity index (χ0) is 21.3. The van der Waals surface area contributed by atoms with Gasteiger partial charge in [0, 0.05) is 38.5 Å². The van der Waals surface area contributed by atoms with E-state index in [1.54, 1.807) is 0 Å². The molecular weight excluding hydrogens is 388 g/mol. The van der Waals surface area contributed by atoms with Crippen LogP contribution in [0.5, 0.6) is 0 Å². The average molecular weight is 425 g/mol. The van der Waals surface area contributed by atoms with Crippen molar-refractivity contribution in [3.8, 4) is 11.3 Å². The Morgan fingerprint density at radius 1 is 1.16 bits per heavy atom. The molecule has 1 atom stereocenters. The summed E-state index contributed by atoms with van der Waals surface area (Å²) in [4.78, 5) is 2.69. The zero-order valence-electron chi connectivity index (χ0n) is 19.0. The number of aryl methyl sites for hydroxylation is 2. The van der Waals surface area contributed by atoms with Crippen LogP contribution in [0.3, 0.4) is 0 Å². The Labute approximate surface area is 185 Å². The molecule has 1 N–H and O–H groups in total. The van der Waals surface area contributed by atoms with Crippen molar-refractivity contribution in [2.45, 2.75) is 45.4 Å². The minimum atomic E-state index is 0.610. The largest absolute Gasteiger partial charge is 0.381 e. The molecule has 31 heavy (non-hydrogen) atoms. The molecule has 0 amide bonds. The minimum Gasteiger partial charge on any atom is -0.381 e. The van der Waals surface area contributed by atoms with Crippen LogP contribution in [0.4, 0.5) is 5.82 Å². The lowest BCUT2D eigenvalue weighted by molar-refractivity contribution is -0.0222. The van der Waals surface area contributed by atoms with Crippen LogP contribution in [-0.4, -0.2) is 64.3 Å². The van der Waals surface area contributed by atoms with Crippen molar-refractivity contribution < 1.29 is 4.74 Å². The van der Waals surface area contributed by atoms with Gasteiger partial charge in [-0.15, -0.1) is 10.2 Å². The lowest BCUT2D eigenvalue weighted by atomic mass is 9.57. The standard InChI is InChI=1S/C24H36N6O/c1-18-21(16-29(2)28-18)22-5-6-23(27-26-22)25-14-20-12-24(13-20)7-9-30(10-8-24)15-19-4-3-11-31-17-19/h5-6,16,19-20H,3-4,7-15,17H2,1-2H3,(H,25,27). The van der Waals surface area contributed by atoms with E-state index in [0.717, 1.165) is 54.4 Å². The minimum absolute atomic E-state index is 0.610. The first kappa shape index (κ1) is 20.9. The first-order valence-electron chi connectivity index (χ1n) is 12.0. The summed E-state index contributed by atoms with van der Waals surface area (Å²) >= 11 is 0. The van der Waals surface area contributed by atoms with Crippen LogP contribution in [0.25, 0.3) is 11.3 Å². The Bertz CT molecular complexity index is 857. The summed E-state index contributed by atoms with van der Waals surface area (Å²) < 4.78 is 7.48. The van der Waals surface area contributed by atoms with Crippen molar-refractivity contribution in [2.75, 3.05) is 44.7 Å². The van der Waals surface area contributed by atoms with Gasteiger partial charge in [0.05, 0.1) is 18.0 Å². The van der Waals surface area contributed by atoms with Crippen molar-refractivity contribution >= 4 is 5.82 Å². The van der Waals surface area contributed by atoms with Gasteiger partial charge in [0.1, 0.15) is 5.82 Å². The van der Waals surface area contributed by atoms with Gasteiger partial charge in [0.25, 0.3) is 0 Å². The van der Waals surface area contributed by atoms with Crippen molar-refractivity contribution in [3.05, 3.63) is 24.0 Å². The summed E-state index contributed by atoms with van der Waals surface area (Å²) in [6, 6.07) is 4.07. The summed E-state index contributed by atoms with van der Waals surface area (Å²) in [5.41, 5.74) is 3.52. The highest BCUT2D eigenvalue weighted by Crippen LogP contribution is 2.52. The SMILES string of the molecule is Cc1nn(C)cc1-c1ccc(NCC2CC3(CCN(CC4CCCOC4)CC3)C2)nn1. The predicted molar refractivity (Wildman–Crippen MR) is 122 cm³/mol. The fourth-order valence-corrected chi connectivity index (χ4v) is 5.91. The quantitative estimate of drug-likeness (QED) is 0.765. The van der Waals surface area contributed by atoms with E-state index in [1.165, 1.54) is 58.2 Å². The molecule has 0 aromatic carbocycles. The molecule has 7 heteroatoms. The van der Waals surface area contributed by atoms with Gasteiger partial charge < -0.3 is 15.0 Å². The van der Waals surface area contributed by atoms with Gasteiger partial charge in [0.2, 0.25) is 0 Å². The molecular formula is C24H36N6O. The number of aromatic nitrogens is 4. The summed E-state index contributed by atoms with van der Waals surface area (Å²) in [6.45, 7) is 8.74. The summed E-state index contributed by atoms with van der Waals surface area (Å²) in [6.07, 6.45) is 10.1. The van der Waals surface area contributed by atoms with Gasteiger partial charge in [-0.25, -0.2) is 0 Å². The number of rotatable bonds is 6. The first-order valence-corrected chi connectivity index (χ1v) is 12.0. The highest BCUT2D eigenvalue weighted by Gasteiger charge is 2.45. The number of nitrogens with zero attached hydrogens (tertiary/aromatic N) is 5. The molecule has 168 valence electrons. The second-order valence-corrected chi connectivity index (χ2v) is 10.1. The van der Waals surface area contributed by atoms with Gasteiger partial charge >= 0.3 is 0 Å². The molecule has 1 aliphatic carbocycles. The summed E-state index contributed by atoms with van der Waals surface area (Å²) in [5, 5.41) is 16.7. The van der Waals surface area contributed by atoms with E-state index >= 15 is 0 Å². The van der Waals surface area contributed by atoms with Crippen LogP contribution in [0.1, 0.15) is 44.2 Å². The smallest absolute Gasteiger partial charge is 0.148 e. The Balaban J connectivity index is 1.04. The maximum Gasteiger partial charge on any atom is 0.148 e. The van der Waals surface area contributed by atoms with Crippen molar-refractivity contribution in [1.82, 2.24) is 24.9 Å². The van der Waals surface area contributed by atoms with E-state index in [-0.39, 0.29) is 0 Å². The molecule has 7 nitrogen and oxygen atoms in total. The third kappa shape index (κ3) is 4.77. The number of ether oxygens (including phenoxy) is 1. The van der Waals surface area contributed by atoms with Crippen LogP contribution in [0, 0.1) is 24.2 Å². The Kier molecular flexibility index (Phi) is 5.97. The topological polar surface area (TPSA) is 68.1 Å². The van der Waals surface area contributed by atoms with Crippen LogP contribution in [0.15, 0.2) is 18.3 Å². The third-order valence-electron chi connectivity index (χ3n) is 7.66. The Morgan fingerprint density at radius 2 is 2.00 bits per heavy atom. The van der Waals surface area contributed by atoms with E-state index in [1.807, 2.05) is 37.0 Å². The molecule has 5 rings (SSSR count). The predicted octanol–water partition coefficient (Wildman–Crippen LogP) is 3.52. The monoisotopic (exact) mass is 424 g/mol. The molecule has 1 saturated carbocycles. The van der Waals surface area contributed by atoms with Gasteiger partial charge in [-0.1, -0.05) is 0 Å². The maximum absolute atomic E-state index is 5.66. The molecule has 0 radical (unpaired) electrons. The van der Waals surface area contributed by atoms with Crippen LogP contribution >= 0.6 is 0 Å². The van der Waals surface area contributed by atoms with Gasteiger partial charge in [-0.05, 0) is 87.9 Å². The second-order valence-electron chi connectivity index (χ2n) is 10.1. The van der Waals surface area contributed by atoms with Crippen LogP contribution in [0.2, 0.25) is 0 Å². The highest BCUT2D eigenvalue weighted by molar-refractivity contribution is 5.61. The van der Waals surface area contributed by atoms with Gasteiger partial charge in [-0.3, -0.25) is 4.68 Å². The van der Waals surface area contributed by atoms with Crippen LogP contribution in [-0.2, 0) is 11.8 Å². The van der Waals surface area contributed by atoms with Gasteiger partial charge in [0.15, 0.2) is 0 Å². The highest BCUT2D eigenvalue weighted by atomic mass is 16.5. The molecule has 3 fully saturated rings. The lowest BCUT2D eigenvalue weighted by Gasteiger charge is -2.53. The number of hydrogen-bond donors (Lipinski definition) is 1. The zero-order valence-corrected chi connectivity index (χ0v) is 19.0. The van der Waals surface area contributed by atoms with E-state index in [9.17, 15) is 0 Å². The molecule has 1 unspecified atom stereocenters. The fourth-order valence-electron chi connectivity index (χ4n) is 5.91. The molecule has 4 heterocycles. The molecule has 2 aliphatic heterocycles. The summed E-state index contributed by atoms with van der Waals surface area (Å²) in [7, 11) is 1.93. The van der Waals surface area contributed by atoms with E-state index in [0.29, 0.717) is 5.41 Å². The molecule has 0 bridgehead atoms. The molecule has 3 aliphatic rings. The van der Waals surface area contributed by atoms with Crippen molar-refractivity contribution in [3.63, 3.8) is 0 Å². The lowest BCUT2D eigenvalue weighted by Crippen LogP contribution is -2.49. The van der Waals surface area contributed by atoms with Crippen molar-refractivity contribution in [1.29, 1.82) is 0 Å². The molecule has 2 saturated heterocycles. The average Bonchev–Trinajstić information content (AvgIpc) is 3.11. The number of likely N-dealkylation sites (tertiary alicyclic amines) is 1. The number of nitrogens with one attached hydrogen (secondary N) is 1.